The predicted octanol–water partition coefficient (Wildman–Crippen LogP) is 1.03. The number of ether oxygens (including phenoxy) is 1. The van der Waals surface area contributed by atoms with Gasteiger partial charge in [-0.3, -0.25) is 0 Å². The number of aryl methyl sites for hydroxylation is 2. The first-order valence-electron chi connectivity index (χ1n) is 6.26. The number of nitrogens with zero attached hydrogens (tertiary/aromatic N) is 1. The number of hydrogen-bond donors (Lipinski definition) is 2. The van der Waals surface area contributed by atoms with E-state index in [1.165, 1.54) is 16.7 Å². The molecule has 102 valence electrons. The second-order valence-corrected chi connectivity index (χ2v) is 4.94. The van der Waals surface area contributed by atoms with Crippen molar-refractivity contribution in [2.24, 2.45) is 11.5 Å². The molecular weight excluding hydrogens is 226 g/mol. The van der Waals surface area contributed by atoms with Gasteiger partial charge in [0.1, 0.15) is 5.75 Å². The van der Waals surface area contributed by atoms with Crippen molar-refractivity contribution in [2.75, 3.05) is 27.2 Å². The van der Waals surface area contributed by atoms with Crippen LogP contribution in [0.4, 0.5) is 0 Å². The summed E-state index contributed by atoms with van der Waals surface area (Å²) in [5, 5.41) is 0. The van der Waals surface area contributed by atoms with Gasteiger partial charge in [0.2, 0.25) is 0 Å². The molecular formula is C14H25N3O. The fourth-order valence-corrected chi connectivity index (χ4v) is 1.99. The molecule has 0 aliphatic carbocycles. The second-order valence-electron chi connectivity index (χ2n) is 4.94. The Morgan fingerprint density at radius 2 is 1.89 bits per heavy atom. The molecule has 18 heavy (non-hydrogen) atoms. The molecule has 1 atom stereocenters. The normalized spacial score (nSPS) is 12.8. The van der Waals surface area contributed by atoms with Gasteiger partial charge in [-0.15, -0.1) is 0 Å². The SMILES string of the molecule is COc1cc(C)c(C)cc1CN(C)CC(N)CN. The maximum atomic E-state index is 5.85. The van der Waals surface area contributed by atoms with Gasteiger partial charge < -0.3 is 21.1 Å². The third kappa shape index (κ3) is 3.98. The van der Waals surface area contributed by atoms with Crippen LogP contribution in [0.5, 0.6) is 5.75 Å². The van der Waals surface area contributed by atoms with Crippen molar-refractivity contribution < 1.29 is 4.74 Å². The summed E-state index contributed by atoms with van der Waals surface area (Å²) in [7, 11) is 3.75. The molecule has 0 saturated carbocycles. The van der Waals surface area contributed by atoms with E-state index in [2.05, 4.69) is 30.9 Å². The molecule has 1 aromatic rings. The Kier molecular flexibility index (Phi) is 5.59. The molecule has 0 spiro atoms. The quantitative estimate of drug-likeness (QED) is 0.792. The molecule has 1 rings (SSSR count). The lowest BCUT2D eigenvalue weighted by Gasteiger charge is -2.22. The first-order chi connectivity index (χ1) is 8.47. The number of hydrogen-bond acceptors (Lipinski definition) is 4. The second kappa shape index (κ2) is 6.73. The van der Waals surface area contributed by atoms with Gasteiger partial charge in [-0.2, -0.15) is 0 Å². The topological polar surface area (TPSA) is 64.5 Å². The Labute approximate surface area is 110 Å². The van der Waals surface area contributed by atoms with Crippen LogP contribution in [0.25, 0.3) is 0 Å². The smallest absolute Gasteiger partial charge is 0.123 e. The van der Waals surface area contributed by atoms with E-state index in [0.29, 0.717) is 6.54 Å². The molecule has 1 aromatic carbocycles. The van der Waals surface area contributed by atoms with Gasteiger partial charge in [0.25, 0.3) is 0 Å². The number of likely N-dealkylation sites (N-methyl/N-ethyl adjacent to an activating group) is 1. The fourth-order valence-electron chi connectivity index (χ4n) is 1.99. The Bertz CT molecular complexity index is 393. The molecule has 1 unspecified atom stereocenters. The molecule has 0 aliphatic rings. The van der Waals surface area contributed by atoms with Crippen molar-refractivity contribution in [1.29, 1.82) is 0 Å². The highest BCUT2D eigenvalue weighted by atomic mass is 16.5. The summed E-state index contributed by atoms with van der Waals surface area (Å²) in [5.74, 6) is 0.936. The summed E-state index contributed by atoms with van der Waals surface area (Å²) in [6.45, 7) is 6.32. The van der Waals surface area contributed by atoms with Crippen LogP contribution in [0, 0.1) is 13.8 Å². The molecule has 0 bridgehead atoms. The zero-order chi connectivity index (χ0) is 13.7. The van der Waals surface area contributed by atoms with Crippen LogP contribution >= 0.6 is 0 Å². The van der Waals surface area contributed by atoms with Crippen molar-refractivity contribution in [3.8, 4) is 5.75 Å². The third-order valence-corrected chi connectivity index (χ3v) is 3.19. The predicted molar refractivity (Wildman–Crippen MR) is 75.8 cm³/mol. The first kappa shape index (κ1) is 15.0. The molecule has 4 N–H and O–H groups in total. The van der Waals surface area contributed by atoms with Crippen LogP contribution in [-0.4, -0.2) is 38.2 Å². The molecule has 4 heteroatoms. The van der Waals surface area contributed by atoms with E-state index < -0.39 is 0 Å². The minimum Gasteiger partial charge on any atom is -0.496 e. The van der Waals surface area contributed by atoms with E-state index >= 15 is 0 Å². The molecule has 0 radical (unpaired) electrons. The van der Waals surface area contributed by atoms with E-state index in [9.17, 15) is 0 Å². The molecule has 0 aliphatic heterocycles. The molecule has 0 amide bonds. The largest absolute Gasteiger partial charge is 0.496 e. The summed E-state index contributed by atoms with van der Waals surface area (Å²) in [5.41, 5.74) is 15.1. The summed E-state index contributed by atoms with van der Waals surface area (Å²) in [4.78, 5) is 2.17. The molecule has 0 heterocycles. The Morgan fingerprint density at radius 3 is 2.44 bits per heavy atom. The zero-order valence-electron chi connectivity index (χ0n) is 11.9. The standard InChI is InChI=1S/C14H25N3O/c1-10-5-12(14(18-4)6-11(10)2)8-17(3)9-13(16)7-15/h5-6,13H,7-9,15-16H2,1-4H3. The Morgan fingerprint density at radius 1 is 1.28 bits per heavy atom. The molecule has 4 nitrogen and oxygen atoms in total. The average Bonchev–Trinajstić information content (AvgIpc) is 2.33. The van der Waals surface area contributed by atoms with Crippen molar-refractivity contribution in [3.63, 3.8) is 0 Å². The van der Waals surface area contributed by atoms with Gasteiger partial charge >= 0.3 is 0 Å². The van der Waals surface area contributed by atoms with E-state index in [-0.39, 0.29) is 6.04 Å². The molecule has 0 aromatic heterocycles. The Hall–Kier alpha value is -1.10. The molecule has 0 fully saturated rings. The van der Waals surface area contributed by atoms with Crippen LogP contribution in [0.3, 0.4) is 0 Å². The van der Waals surface area contributed by atoms with Gasteiger partial charge in [0.05, 0.1) is 7.11 Å². The Balaban J connectivity index is 2.80. The van der Waals surface area contributed by atoms with Crippen LogP contribution in [-0.2, 0) is 6.54 Å². The van der Waals surface area contributed by atoms with Crippen LogP contribution in [0.15, 0.2) is 12.1 Å². The van der Waals surface area contributed by atoms with Crippen molar-refractivity contribution in [3.05, 3.63) is 28.8 Å². The van der Waals surface area contributed by atoms with Crippen molar-refractivity contribution in [2.45, 2.75) is 26.4 Å². The van der Waals surface area contributed by atoms with E-state index in [0.717, 1.165) is 18.8 Å². The lowest BCUT2D eigenvalue weighted by atomic mass is 10.0. The van der Waals surface area contributed by atoms with Crippen LogP contribution in [0.1, 0.15) is 16.7 Å². The number of nitrogens with two attached hydrogens (primary N) is 2. The van der Waals surface area contributed by atoms with E-state index in [1.807, 2.05) is 7.05 Å². The highest BCUT2D eigenvalue weighted by Crippen LogP contribution is 2.24. The van der Waals surface area contributed by atoms with Gasteiger partial charge in [-0.25, -0.2) is 0 Å². The van der Waals surface area contributed by atoms with Gasteiger partial charge in [0, 0.05) is 31.2 Å². The highest BCUT2D eigenvalue weighted by Gasteiger charge is 2.10. The summed E-state index contributed by atoms with van der Waals surface area (Å²) < 4.78 is 5.43. The highest BCUT2D eigenvalue weighted by molar-refractivity contribution is 5.41. The number of benzene rings is 1. The van der Waals surface area contributed by atoms with Crippen LogP contribution in [0.2, 0.25) is 0 Å². The molecule has 0 saturated heterocycles. The van der Waals surface area contributed by atoms with Crippen LogP contribution < -0.4 is 16.2 Å². The number of rotatable bonds is 6. The maximum Gasteiger partial charge on any atom is 0.123 e. The van der Waals surface area contributed by atoms with E-state index in [4.69, 9.17) is 16.2 Å². The minimum absolute atomic E-state index is 0.0209. The lowest BCUT2D eigenvalue weighted by molar-refractivity contribution is 0.298. The summed E-state index contributed by atoms with van der Waals surface area (Å²) in [6.07, 6.45) is 0. The average molecular weight is 251 g/mol. The van der Waals surface area contributed by atoms with Gasteiger partial charge in [0.15, 0.2) is 0 Å². The lowest BCUT2D eigenvalue weighted by Crippen LogP contribution is -2.40. The van der Waals surface area contributed by atoms with Gasteiger partial charge in [-0.1, -0.05) is 6.07 Å². The minimum atomic E-state index is 0.0209. The fraction of sp³-hybridized carbons (Fsp3) is 0.571. The summed E-state index contributed by atoms with van der Waals surface area (Å²) in [6, 6.07) is 4.28. The van der Waals surface area contributed by atoms with E-state index in [1.54, 1.807) is 7.11 Å². The summed E-state index contributed by atoms with van der Waals surface area (Å²) >= 11 is 0. The van der Waals surface area contributed by atoms with Crippen molar-refractivity contribution in [1.82, 2.24) is 4.90 Å². The monoisotopic (exact) mass is 251 g/mol. The van der Waals surface area contributed by atoms with Gasteiger partial charge in [-0.05, 0) is 38.1 Å². The number of methoxy groups -OCH3 is 1. The van der Waals surface area contributed by atoms with Crippen molar-refractivity contribution >= 4 is 0 Å². The maximum absolute atomic E-state index is 5.85. The third-order valence-electron chi connectivity index (χ3n) is 3.19. The first-order valence-corrected chi connectivity index (χ1v) is 6.26. The zero-order valence-corrected chi connectivity index (χ0v) is 11.9.